The summed E-state index contributed by atoms with van der Waals surface area (Å²) in [5.41, 5.74) is 0.0268. The third-order valence-electron chi connectivity index (χ3n) is 8.43. The Labute approximate surface area is 279 Å². The van der Waals surface area contributed by atoms with Crippen molar-refractivity contribution in [1.82, 2.24) is 0 Å². The molecule has 4 aromatic carbocycles. The second-order valence-corrected chi connectivity index (χ2v) is 19.1. The van der Waals surface area contributed by atoms with Crippen LogP contribution in [-0.2, 0) is 20.9 Å². The lowest BCUT2D eigenvalue weighted by molar-refractivity contribution is 0.420. The molecular formula is C40H53O4PS. The standard InChI is InChI=1S/C26H32P.C14H22O4S/c1-2-3-4-5-6-16-23-27(24-17-10-7-11-18-24,25-19-12-8-13-20-25)26-21-14-9-15-22-26;1-13(2,3)10-7-9(19(16,17)18)8-11(12(10)15)14(4,5)6/h7-15,17-22H,2-6,16,23H2,1H3;7-8,15H,1-6H3,(H,16,17,18)/q+1;/p-1. The minimum absolute atomic E-state index is 0.0624. The van der Waals surface area contributed by atoms with E-state index in [4.69, 9.17) is 0 Å². The van der Waals surface area contributed by atoms with E-state index in [1.807, 2.05) is 41.5 Å². The predicted octanol–water partition coefficient (Wildman–Crippen LogP) is 9.23. The predicted molar refractivity (Wildman–Crippen MR) is 197 cm³/mol. The van der Waals surface area contributed by atoms with E-state index in [0.29, 0.717) is 11.1 Å². The van der Waals surface area contributed by atoms with Gasteiger partial charge >= 0.3 is 0 Å². The average molecular weight is 661 g/mol. The van der Waals surface area contributed by atoms with Gasteiger partial charge in [0.1, 0.15) is 39.0 Å². The van der Waals surface area contributed by atoms with Gasteiger partial charge in [0, 0.05) is 11.1 Å². The van der Waals surface area contributed by atoms with Crippen LogP contribution in [0, 0.1) is 0 Å². The summed E-state index contributed by atoms with van der Waals surface area (Å²) in [5.74, 6) is 0.0624. The maximum Gasteiger partial charge on any atom is 0.124 e. The Morgan fingerprint density at radius 2 is 0.957 bits per heavy atom. The summed E-state index contributed by atoms with van der Waals surface area (Å²) < 4.78 is 33.8. The Hall–Kier alpha value is -2.98. The zero-order valence-corrected chi connectivity index (χ0v) is 30.5. The Balaban J connectivity index is 0.000000268. The fourth-order valence-corrected chi connectivity index (χ4v) is 10.8. The second kappa shape index (κ2) is 16.2. The first-order valence-electron chi connectivity index (χ1n) is 16.5. The van der Waals surface area contributed by atoms with Crippen LogP contribution in [0.25, 0.3) is 0 Å². The van der Waals surface area contributed by atoms with Gasteiger partial charge in [-0.3, -0.25) is 0 Å². The number of hydrogen-bond donors (Lipinski definition) is 1. The van der Waals surface area contributed by atoms with Crippen LogP contribution >= 0.6 is 7.26 Å². The fraction of sp³-hybridized carbons (Fsp3) is 0.400. The van der Waals surface area contributed by atoms with Crippen LogP contribution in [0.5, 0.6) is 5.75 Å². The molecule has 248 valence electrons. The second-order valence-electron chi connectivity index (χ2n) is 14.1. The minimum Gasteiger partial charge on any atom is -0.744 e. The summed E-state index contributed by atoms with van der Waals surface area (Å²) >= 11 is 0. The van der Waals surface area contributed by atoms with E-state index in [9.17, 15) is 18.1 Å². The highest BCUT2D eigenvalue weighted by atomic mass is 32.2. The first kappa shape index (κ1) is 37.5. The molecule has 1 N–H and O–H groups in total. The zero-order valence-electron chi connectivity index (χ0n) is 28.8. The van der Waals surface area contributed by atoms with E-state index < -0.39 is 28.2 Å². The Kier molecular flexibility index (Phi) is 13.2. The van der Waals surface area contributed by atoms with Gasteiger partial charge in [0.05, 0.1) is 11.1 Å². The van der Waals surface area contributed by atoms with Crippen LogP contribution in [-0.4, -0.2) is 24.2 Å². The van der Waals surface area contributed by atoms with Crippen molar-refractivity contribution < 1.29 is 18.1 Å². The van der Waals surface area contributed by atoms with E-state index in [1.165, 1.54) is 72.7 Å². The largest absolute Gasteiger partial charge is 0.744 e. The molecule has 4 nitrogen and oxygen atoms in total. The number of phenols is 1. The van der Waals surface area contributed by atoms with Crippen molar-refractivity contribution in [3.8, 4) is 5.75 Å². The molecule has 0 radical (unpaired) electrons. The van der Waals surface area contributed by atoms with Crippen LogP contribution in [0.3, 0.4) is 0 Å². The molecule has 0 bridgehead atoms. The lowest BCUT2D eigenvalue weighted by atomic mass is 9.79. The molecule has 0 aliphatic heterocycles. The monoisotopic (exact) mass is 660 g/mol. The highest BCUT2D eigenvalue weighted by Gasteiger charge is 2.44. The van der Waals surface area contributed by atoms with Gasteiger partial charge in [-0.15, -0.1) is 0 Å². The molecule has 0 heterocycles. The molecule has 46 heavy (non-hydrogen) atoms. The minimum atomic E-state index is -4.55. The molecule has 0 aliphatic rings. The van der Waals surface area contributed by atoms with E-state index >= 15 is 0 Å². The van der Waals surface area contributed by atoms with Crippen molar-refractivity contribution >= 4 is 33.3 Å². The quantitative estimate of drug-likeness (QED) is 0.0989. The molecule has 0 saturated carbocycles. The molecule has 0 aromatic heterocycles. The Bertz CT molecular complexity index is 1470. The SMILES string of the molecule is CC(C)(C)c1cc(S(=O)(=O)[O-])cc(C(C)(C)C)c1O.CCCCCCCC[P+](c1ccccc1)(c1ccccc1)c1ccccc1. The van der Waals surface area contributed by atoms with E-state index in [0.717, 1.165) is 0 Å². The highest BCUT2D eigenvalue weighted by Crippen LogP contribution is 2.56. The van der Waals surface area contributed by atoms with Crippen LogP contribution < -0.4 is 15.9 Å². The number of hydrogen-bond acceptors (Lipinski definition) is 4. The van der Waals surface area contributed by atoms with E-state index in [1.54, 1.807) is 0 Å². The number of aromatic hydroxyl groups is 1. The van der Waals surface area contributed by atoms with Gasteiger partial charge in [0.2, 0.25) is 0 Å². The van der Waals surface area contributed by atoms with Crippen molar-refractivity contribution in [3.05, 3.63) is 114 Å². The molecule has 4 aromatic rings. The molecule has 6 heteroatoms. The van der Waals surface area contributed by atoms with Gasteiger partial charge in [-0.1, -0.05) is 129 Å². The van der Waals surface area contributed by atoms with Crippen molar-refractivity contribution in [3.63, 3.8) is 0 Å². The lowest BCUT2D eigenvalue weighted by Gasteiger charge is -2.28. The Morgan fingerprint density at radius 1 is 0.609 bits per heavy atom. The molecule has 0 unspecified atom stereocenters. The first-order valence-corrected chi connectivity index (χ1v) is 19.9. The molecule has 0 spiro atoms. The van der Waals surface area contributed by atoms with Gasteiger partial charge in [-0.05, 0) is 72.2 Å². The summed E-state index contributed by atoms with van der Waals surface area (Å²) in [6, 6.07) is 36.3. The summed E-state index contributed by atoms with van der Waals surface area (Å²) in [5, 5.41) is 14.9. The number of benzene rings is 4. The molecule has 0 atom stereocenters. The molecule has 4 rings (SSSR count). The zero-order chi connectivity index (χ0) is 34.0. The van der Waals surface area contributed by atoms with Gasteiger partial charge in [0.25, 0.3) is 0 Å². The summed E-state index contributed by atoms with van der Waals surface area (Å²) in [7, 11) is -6.16. The molecule has 0 fully saturated rings. The first-order chi connectivity index (χ1) is 21.6. The molecule has 0 amide bonds. The average Bonchev–Trinajstić information content (AvgIpc) is 3.01. The van der Waals surface area contributed by atoms with Crippen molar-refractivity contribution in [2.75, 3.05) is 6.16 Å². The van der Waals surface area contributed by atoms with Gasteiger partial charge < -0.3 is 9.66 Å². The maximum absolute atomic E-state index is 11.3. The summed E-state index contributed by atoms with van der Waals surface area (Å²) in [4.78, 5) is -0.292. The lowest BCUT2D eigenvalue weighted by Crippen LogP contribution is -2.33. The topological polar surface area (TPSA) is 77.4 Å². The number of rotatable bonds is 11. The van der Waals surface area contributed by atoms with E-state index in [2.05, 4.69) is 97.9 Å². The van der Waals surface area contributed by atoms with E-state index in [-0.39, 0.29) is 10.6 Å². The summed E-state index contributed by atoms with van der Waals surface area (Å²) in [6.45, 7) is 13.4. The summed E-state index contributed by atoms with van der Waals surface area (Å²) in [6.07, 6.45) is 9.34. The van der Waals surface area contributed by atoms with Crippen molar-refractivity contribution in [2.45, 2.75) is 103 Å². The third kappa shape index (κ3) is 9.77. The maximum atomic E-state index is 11.3. The highest BCUT2D eigenvalue weighted by molar-refractivity contribution is 7.95. The number of unbranched alkanes of at least 4 members (excludes halogenated alkanes) is 5. The van der Waals surface area contributed by atoms with Gasteiger partial charge in [-0.2, -0.15) is 0 Å². The Morgan fingerprint density at radius 3 is 1.28 bits per heavy atom. The molecule has 0 aliphatic carbocycles. The van der Waals surface area contributed by atoms with Crippen molar-refractivity contribution in [2.24, 2.45) is 0 Å². The van der Waals surface area contributed by atoms with Crippen LogP contribution in [0.2, 0.25) is 0 Å². The smallest absolute Gasteiger partial charge is 0.124 e. The van der Waals surface area contributed by atoms with Gasteiger partial charge in [0.15, 0.2) is 0 Å². The molecular weight excluding hydrogens is 607 g/mol. The number of phenolic OH excluding ortho intramolecular Hbond substituents is 1. The van der Waals surface area contributed by atoms with Gasteiger partial charge in [-0.25, -0.2) is 8.42 Å². The van der Waals surface area contributed by atoms with Crippen molar-refractivity contribution in [1.29, 1.82) is 0 Å². The normalized spacial score (nSPS) is 12.3. The van der Waals surface area contributed by atoms with Crippen LogP contribution in [0.15, 0.2) is 108 Å². The third-order valence-corrected chi connectivity index (χ3v) is 13.8. The van der Waals surface area contributed by atoms with Crippen LogP contribution in [0.1, 0.15) is 98.1 Å². The van der Waals surface area contributed by atoms with Crippen LogP contribution in [0.4, 0.5) is 0 Å². The fourth-order valence-electron chi connectivity index (χ4n) is 5.91. The molecule has 0 saturated heterocycles.